The van der Waals surface area contributed by atoms with E-state index in [0.29, 0.717) is 5.57 Å². The van der Waals surface area contributed by atoms with E-state index in [1.54, 1.807) is 0 Å². The Kier molecular flexibility index (Phi) is 3.07. The Labute approximate surface area is 63.1 Å². The molecular formula is C9H17F. The van der Waals surface area contributed by atoms with Gasteiger partial charge in [0.15, 0.2) is 0 Å². The summed E-state index contributed by atoms with van der Waals surface area (Å²) in [4.78, 5) is 0. The summed E-state index contributed by atoms with van der Waals surface area (Å²) in [6.07, 6.45) is -0.129. The third-order valence-corrected chi connectivity index (χ3v) is 1.57. The number of hydrogen-bond acceptors (Lipinski definition) is 0. The molecule has 0 rings (SSSR count). The summed E-state index contributed by atoms with van der Waals surface area (Å²) in [5.41, 5.74) is 0.417. The van der Waals surface area contributed by atoms with Crippen LogP contribution < -0.4 is 0 Å². The highest BCUT2D eigenvalue weighted by Crippen LogP contribution is 2.28. The zero-order valence-electron chi connectivity index (χ0n) is 7.37. The Morgan fingerprint density at radius 3 is 2.00 bits per heavy atom. The van der Waals surface area contributed by atoms with Crippen molar-refractivity contribution in [3.8, 4) is 0 Å². The molecule has 0 aliphatic rings. The molecule has 0 saturated heterocycles. The first-order valence-electron chi connectivity index (χ1n) is 3.71. The summed E-state index contributed by atoms with van der Waals surface area (Å²) in [6, 6.07) is 0. The molecular weight excluding hydrogens is 127 g/mol. The molecule has 0 aromatic heterocycles. The van der Waals surface area contributed by atoms with Gasteiger partial charge in [0.1, 0.15) is 6.17 Å². The number of rotatable bonds is 2. The molecule has 0 aromatic rings. The Morgan fingerprint density at radius 2 is 1.90 bits per heavy atom. The van der Waals surface area contributed by atoms with E-state index in [1.807, 2.05) is 27.7 Å². The SMILES string of the molecule is C=C(CC)C(F)C(C)(C)C. The monoisotopic (exact) mass is 144 g/mol. The van der Waals surface area contributed by atoms with Gasteiger partial charge in [-0.05, 0) is 17.4 Å². The number of allylic oxidation sites excluding steroid dienone is 1. The van der Waals surface area contributed by atoms with Crippen molar-refractivity contribution in [3.63, 3.8) is 0 Å². The first-order valence-corrected chi connectivity index (χ1v) is 3.71. The first-order chi connectivity index (χ1) is 4.39. The van der Waals surface area contributed by atoms with Crippen LogP contribution in [0.5, 0.6) is 0 Å². The number of alkyl halides is 1. The zero-order valence-corrected chi connectivity index (χ0v) is 7.37. The van der Waals surface area contributed by atoms with Gasteiger partial charge < -0.3 is 0 Å². The van der Waals surface area contributed by atoms with Gasteiger partial charge in [-0.15, -0.1) is 0 Å². The van der Waals surface area contributed by atoms with Crippen LogP contribution in [-0.2, 0) is 0 Å². The molecule has 60 valence electrons. The minimum absolute atomic E-state index is 0.285. The van der Waals surface area contributed by atoms with Gasteiger partial charge in [0.05, 0.1) is 0 Å². The zero-order chi connectivity index (χ0) is 8.36. The van der Waals surface area contributed by atoms with Crippen LogP contribution >= 0.6 is 0 Å². The Morgan fingerprint density at radius 1 is 1.50 bits per heavy atom. The van der Waals surface area contributed by atoms with Gasteiger partial charge in [0, 0.05) is 0 Å². The summed E-state index contributed by atoms with van der Waals surface area (Å²) < 4.78 is 13.2. The van der Waals surface area contributed by atoms with E-state index < -0.39 is 6.17 Å². The van der Waals surface area contributed by atoms with E-state index in [2.05, 4.69) is 6.58 Å². The molecule has 0 radical (unpaired) electrons. The molecule has 0 aliphatic heterocycles. The maximum Gasteiger partial charge on any atom is 0.126 e. The molecule has 0 nitrogen and oxygen atoms in total. The second-order valence-corrected chi connectivity index (χ2v) is 3.74. The highest BCUT2D eigenvalue weighted by atomic mass is 19.1. The van der Waals surface area contributed by atoms with Crippen molar-refractivity contribution >= 4 is 0 Å². The fourth-order valence-electron chi connectivity index (χ4n) is 0.792. The van der Waals surface area contributed by atoms with Gasteiger partial charge in [-0.1, -0.05) is 34.3 Å². The third kappa shape index (κ3) is 2.51. The second-order valence-electron chi connectivity index (χ2n) is 3.74. The van der Waals surface area contributed by atoms with Crippen LogP contribution in [0.3, 0.4) is 0 Å². The topological polar surface area (TPSA) is 0 Å². The largest absolute Gasteiger partial charge is 0.242 e. The van der Waals surface area contributed by atoms with Gasteiger partial charge >= 0.3 is 0 Å². The van der Waals surface area contributed by atoms with E-state index >= 15 is 0 Å². The van der Waals surface area contributed by atoms with E-state index in [1.165, 1.54) is 0 Å². The van der Waals surface area contributed by atoms with Gasteiger partial charge in [0.2, 0.25) is 0 Å². The van der Waals surface area contributed by atoms with E-state index in [0.717, 1.165) is 6.42 Å². The molecule has 0 heterocycles. The van der Waals surface area contributed by atoms with Crippen molar-refractivity contribution < 1.29 is 4.39 Å². The van der Waals surface area contributed by atoms with Crippen LogP contribution in [0.2, 0.25) is 0 Å². The van der Waals surface area contributed by atoms with Crippen LogP contribution in [0, 0.1) is 5.41 Å². The molecule has 0 N–H and O–H groups in total. The van der Waals surface area contributed by atoms with Gasteiger partial charge in [-0.25, -0.2) is 4.39 Å². The lowest BCUT2D eigenvalue weighted by atomic mass is 9.85. The fourth-order valence-corrected chi connectivity index (χ4v) is 0.792. The van der Waals surface area contributed by atoms with Crippen molar-refractivity contribution in [2.45, 2.75) is 40.3 Å². The summed E-state index contributed by atoms with van der Waals surface area (Å²) in [5.74, 6) is 0. The maximum absolute atomic E-state index is 13.2. The lowest BCUT2D eigenvalue weighted by molar-refractivity contribution is 0.195. The van der Waals surface area contributed by atoms with Crippen molar-refractivity contribution in [2.24, 2.45) is 5.41 Å². The van der Waals surface area contributed by atoms with E-state index in [-0.39, 0.29) is 5.41 Å². The maximum atomic E-state index is 13.2. The molecule has 0 aliphatic carbocycles. The predicted octanol–water partition coefficient (Wildman–Crippen LogP) is 3.34. The molecule has 0 fully saturated rings. The Balaban J connectivity index is 4.08. The predicted molar refractivity (Wildman–Crippen MR) is 43.8 cm³/mol. The second kappa shape index (κ2) is 3.18. The average molecular weight is 144 g/mol. The molecule has 1 unspecified atom stereocenters. The highest BCUT2D eigenvalue weighted by molar-refractivity contribution is 5.05. The molecule has 0 aromatic carbocycles. The highest BCUT2D eigenvalue weighted by Gasteiger charge is 2.25. The standard InChI is InChI=1S/C9H17F/c1-6-7(2)8(10)9(3,4)5/h8H,2,6H2,1,3-5H3. The van der Waals surface area contributed by atoms with Gasteiger partial charge in [-0.2, -0.15) is 0 Å². The van der Waals surface area contributed by atoms with Crippen molar-refractivity contribution in [1.29, 1.82) is 0 Å². The van der Waals surface area contributed by atoms with Crippen LogP contribution in [0.1, 0.15) is 34.1 Å². The summed E-state index contributed by atoms with van der Waals surface area (Å²) in [6.45, 7) is 11.3. The van der Waals surface area contributed by atoms with Crippen LogP contribution in [0.25, 0.3) is 0 Å². The molecule has 10 heavy (non-hydrogen) atoms. The van der Waals surface area contributed by atoms with Gasteiger partial charge in [-0.3, -0.25) is 0 Å². The molecule has 0 amide bonds. The van der Waals surface area contributed by atoms with Crippen molar-refractivity contribution in [2.75, 3.05) is 0 Å². The Hall–Kier alpha value is -0.330. The van der Waals surface area contributed by atoms with Crippen LogP contribution in [0.15, 0.2) is 12.2 Å². The summed E-state index contributed by atoms with van der Waals surface area (Å²) >= 11 is 0. The number of halogens is 1. The first kappa shape index (κ1) is 9.67. The van der Waals surface area contributed by atoms with Crippen molar-refractivity contribution in [1.82, 2.24) is 0 Å². The molecule has 1 heteroatoms. The van der Waals surface area contributed by atoms with Crippen molar-refractivity contribution in [3.05, 3.63) is 12.2 Å². The summed E-state index contributed by atoms with van der Waals surface area (Å²) in [5, 5.41) is 0. The molecule has 0 bridgehead atoms. The lowest BCUT2D eigenvalue weighted by Gasteiger charge is -2.24. The molecule has 0 saturated carbocycles. The van der Waals surface area contributed by atoms with Crippen LogP contribution in [0.4, 0.5) is 4.39 Å². The smallest absolute Gasteiger partial charge is 0.126 e. The quantitative estimate of drug-likeness (QED) is 0.521. The normalized spacial score (nSPS) is 14.9. The average Bonchev–Trinajstić information content (AvgIpc) is 1.83. The lowest BCUT2D eigenvalue weighted by Crippen LogP contribution is -2.23. The van der Waals surface area contributed by atoms with E-state index in [4.69, 9.17) is 0 Å². The Bertz CT molecular complexity index is 119. The fraction of sp³-hybridized carbons (Fsp3) is 0.778. The minimum atomic E-state index is -0.863. The van der Waals surface area contributed by atoms with E-state index in [9.17, 15) is 4.39 Å². The molecule has 1 atom stereocenters. The summed E-state index contributed by atoms with van der Waals surface area (Å²) in [7, 11) is 0. The van der Waals surface area contributed by atoms with Gasteiger partial charge in [0.25, 0.3) is 0 Å². The number of hydrogen-bond donors (Lipinski definition) is 0. The molecule has 0 spiro atoms. The van der Waals surface area contributed by atoms with Crippen LogP contribution in [-0.4, -0.2) is 6.17 Å². The third-order valence-electron chi connectivity index (χ3n) is 1.57. The minimum Gasteiger partial charge on any atom is -0.242 e.